The number of rotatable bonds is 10. The first-order valence-electron chi connectivity index (χ1n) is 7.57. The summed E-state index contributed by atoms with van der Waals surface area (Å²) >= 11 is 0. The summed E-state index contributed by atoms with van der Waals surface area (Å²) < 4.78 is 10.3. The quantitative estimate of drug-likeness (QED) is 0.331. The highest BCUT2D eigenvalue weighted by Crippen LogP contribution is 2.03. The molecule has 7 heteroatoms. The zero-order chi connectivity index (χ0) is 16.9. The summed E-state index contributed by atoms with van der Waals surface area (Å²) in [5.74, 6) is 0.301. The van der Waals surface area contributed by atoms with Crippen molar-refractivity contribution in [3.8, 4) is 0 Å². The van der Waals surface area contributed by atoms with Crippen molar-refractivity contribution in [3.63, 3.8) is 0 Å². The number of aliphatic imine (C=N–C) groups is 1. The van der Waals surface area contributed by atoms with Gasteiger partial charge in [0.25, 0.3) is 0 Å². The molecule has 128 valence electrons. The summed E-state index contributed by atoms with van der Waals surface area (Å²) in [4.78, 5) is 15.2. The maximum atomic E-state index is 11.0. The van der Waals surface area contributed by atoms with Crippen molar-refractivity contribution >= 4 is 11.9 Å². The van der Waals surface area contributed by atoms with Crippen LogP contribution in [0.2, 0.25) is 0 Å². The molecule has 0 unspecified atom stereocenters. The summed E-state index contributed by atoms with van der Waals surface area (Å²) in [5, 5.41) is 6.42. The first-order chi connectivity index (χ1) is 11.2. The molecule has 0 fully saturated rings. The van der Waals surface area contributed by atoms with Crippen LogP contribution in [0, 0.1) is 0 Å². The van der Waals surface area contributed by atoms with Crippen molar-refractivity contribution < 1.29 is 14.3 Å². The number of benzene rings is 1. The number of carbonyl (C=O) groups is 1. The van der Waals surface area contributed by atoms with Gasteiger partial charge in [-0.1, -0.05) is 12.1 Å². The van der Waals surface area contributed by atoms with Crippen LogP contribution in [-0.2, 0) is 16.0 Å². The average Bonchev–Trinajstić information content (AvgIpc) is 2.57. The van der Waals surface area contributed by atoms with E-state index in [1.807, 2.05) is 12.1 Å². The van der Waals surface area contributed by atoms with E-state index < -0.39 is 5.91 Å². The van der Waals surface area contributed by atoms with Gasteiger partial charge in [-0.2, -0.15) is 0 Å². The zero-order valence-corrected chi connectivity index (χ0v) is 13.8. The molecule has 0 heterocycles. The Labute approximate surface area is 137 Å². The van der Waals surface area contributed by atoms with Crippen LogP contribution in [0.25, 0.3) is 0 Å². The summed E-state index contributed by atoms with van der Waals surface area (Å²) in [6.45, 7) is 3.30. The fourth-order valence-corrected chi connectivity index (χ4v) is 1.82. The molecule has 1 aromatic carbocycles. The van der Waals surface area contributed by atoms with E-state index >= 15 is 0 Å². The van der Waals surface area contributed by atoms with Gasteiger partial charge in [-0.05, 0) is 24.1 Å². The van der Waals surface area contributed by atoms with Crippen molar-refractivity contribution in [3.05, 3.63) is 35.4 Å². The van der Waals surface area contributed by atoms with E-state index in [-0.39, 0.29) is 0 Å². The molecule has 0 aliphatic carbocycles. The number of amides is 1. The van der Waals surface area contributed by atoms with Crippen LogP contribution in [0.5, 0.6) is 0 Å². The van der Waals surface area contributed by atoms with E-state index in [2.05, 4.69) is 15.6 Å². The standard InChI is InChI=1S/C16H26N4O3/c1-18-16(19-8-3-9-23-11-10-22-2)20-12-13-4-6-14(7-5-13)15(17)21/h4-7H,3,8-12H2,1-2H3,(H2,17,21)(H2,18,19,20). The molecule has 1 rings (SSSR count). The fraction of sp³-hybridized carbons (Fsp3) is 0.500. The monoisotopic (exact) mass is 322 g/mol. The van der Waals surface area contributed by atoms with Crippen molar-refractivity contribution in [2.75, 3.05) is 40.5 Å². The third-order valence-corrected chi connectivity index (χ3v) is 3.11. The third-order valence-electron chi connectivity index (χ3n) is 3.11. The molecule has 0 aromatic heterocycles. The van der Waals surface area contributed by atoms with Gasteiger partial charge in [-0.3, -0.25) is 9.79 Å². The Kier molecular flexibility index (Phi) is 9.42. The lowest BCUT2D eigenvalue weighted by molar-refractivity contribution is 0.0698. The summed E-state index contributed by atoms with van der Waals surface area (Å²) in [6.07, 6.45) is 0.887. The van der Waals surface area contributed by atoms with Crippen LogP contribution in [-0.4, -0.2) is 52.4 Å². The molecule has 0 aliphatic rings. The molecule has 0 atom stereocenters. The van der Waals surface area contributed by atoms with E-state index in [9.17, 15) is 4.79 Å². The van der Waals surface area contributed by atoms with Crippen LogP contribution in [0.1, 0.15) is 22.3 Å². The van der Waals surface area contributed by atoms with Gasteiger partial charge in [0.2, 0.25) is 5.91 Å². The predicted molar refractivity (Wildman–Crippen MR) is 90.5 cm³/mol. The Hall–Kier alpha value is -2.12. The Morgan fingerprint density at radius 1 is 1.17 bits per heavy atom. The number of nitrogens with two attached hydrogens (primary N) is 1. The van der Waals surface area contributed by atoms with E-state index in [4.69, 9.17) is 15.2 Å². The molecule has 1 aromatic rings. The number of carbonyl (C=O) groups excluding carboxylic acids is 1. The van der Waals surface area contributed by atoms with Gasteiger partial charge in [-0.25, -0.2) is 0 Å². The number of nitrogens with one attached hydrogen (secondary N) is 2. The van der Waals surface area contributed by atoms with Gasteiger partial charge < -0.3 is 25.8 Å². The molecule has 0 spiro atoms. The molecule has 0 bridgehead atoms. The van der Waals surface area contributed by atoms with Crippen molar-refractivity contribution in [1.82, 2.24) is 10.6 Å². The van der Waals surface area contributed by atoms with Crippen molar-refractivity contribution in [2.45, 2.75) is 13.0 Å². The van der Waals surface area contributed by atoms with Gasteiger partial charge in [0.15, 0.2) is 5.96 Å². The first kappa shape index (κ1) is 18.9. The molecule has 23 heavy (non-hydrogen) atoms. The SMILES string of the molecule is CN=C(NCCCOCCOC)NCc1ccc(C(N)=O)cc1. The number of guanidine groups is 1. The molecule has 0 saturated heterocycles. The second-order valence-electron chi connectivity index (χ2n) is 4.87. The highest BCUT2D eigenvalue weighted by Gasteiger charge is 2.01. The molecule has 4 N–H and O–H groups in total. The zero-order valence-electron chi connectivity index (χ0n) is 13.8. The van der Waals surface area contributed by atoms with Gasteiger partial charge >= 0.3 is 0 Å². The molecule has 1 amide bonds. The number of primary amides is 1. The summed E-state index contributed by atoms with van der Waals surface area (Å²) in [5.41, 5.74) is 6.76. The van der Waals surface area contributed by atoms with E-state index in [0.29, 0.717) is 31.9 Å². The highest BCUT2D eigenvalue weighted by molar-refractivity contribution is 5.92. The van der Waals surface area contributed by atoms with Crippen molar-refractivity contribution in [2.24, 2.45) is 10.7 Å². The lowest BCUT2D eigenvalue weighted by Gasteiger charge is -2.12. The first-order valence-corrected chi connectivity index (χ1v) is 7.57. The van der Waals surface area contributed by atoms with Gasteiger partial charge in [0.05, 0.1) is 13.2 Å². The number of ether oxygens (including phenoxy) is 2. The third kappa shape index (κ3) is 8.18. The Morgan fingerprint density at radius 3 is 2.52 bits per heavy atom. The molecule has 7 nitrogen and oxygen atoms in total. The Bertz CT molecular complexity index is 489. The maximum absolute atomic E-state index is 11.0. The highest BCUT2D eigenvalue weighted by atomic mass is 16.5. The van der Waals surface area contributed by atoms with Crippen LogP contribution >= 0.6 is 0 Å². The Morgan fingerprint density at radius 2 is 1.91 bits per heavy atom. The molecule has 0 aliphatic heterocycles. The van der Waals surface area contributed by atoms with E-state index in [1.54, 1.807) is 26.3 Å². The van der Waals surface area contributed by atoms with Gasteiger partial charge in [0.1, 0.15) is 0 Å². The topological polar surface area (TPSA) is 98.0 Å². The molecular weight excluding hydrogens is 296 g/mol. The number of methoxy groups -OCH3 is 1. The lowest BCUT2D eigenvalue weighted by atomic mass is 10.1. The number of hydrogen-bond donors (Lipinski definition) is 3. The van der Waals surface area contributed by atoms with Gasteiger partial charge in [0, 0.05) is 39.4 Å². The fourth-order valence-electron chi connectivity index (χ4n) is 1.82. The Balaban J connectivity index is 2.22. The maximum Gasteiger partial charge on any atom is 0.248 e. The van der Waals surface area contributed by atoms with Crippen molar-refractivity contribution in [1.29, 1.82) is 0 Å². The lowest BCUT2D eigenvalue weighted by Crippen LogP contribution is -2.37. The van der Waals surface area contributed by atoms with Gasteiger partial charge in [-0.15, -0.1) is 0 Å². The normalized spacial score (nSPS) is 11.3. The predicted octanol–water partition coefficient (Wildman–Crippen LogP) is 0.504. The molecule has 0 saturated carbocycles. The van der Waals surface area contributed by atoms with E-state index in [0.717, 1.165) is 24.5 Å². The largest absolute Gasteiger partial charge is 0.382 e. The molecular formula is C16H26N4O3. The minimum atomic E-state index is -0.422. The number of hydrogen-bond acceptors (Lipinski definition) is 4. The second kappa shape index (κ2) is 11.4. The van der Waals surface area contributed by atoms with Crippen LogP contribution < -0.4 is 16.4 Å². The smallest absolute Gasteiger partial charge is 0.248 e. The van der Waals surface area contributed by atoms with Crippen LogP contribution in [0.15, 0.2) is 29.3 Å². The average molecular weight is 322 g/mol. The molecule has 0 radical (unpaired) electrons. The summed E-state index contributed by atoms with van der Waals surface area (Å²) in [6, 6.07) is 7.16. The summed E-state index contributed by atoms with van der Waals surface area (Å²) in [7, 11) is 3.38. The second-order valence-corrected chi connectivity index (χ2v) is 4.87. The minimum Gasteiger partial charge on any atom is -0.382 e. The minimum absolute atomic E-state index is 0.422. The van der Waals surface area contributed by atoms with Crippen LogP contribution in [0.3, 0.4) is 0 Å². The van der Waals surface area contributed by atoms with E-state index in [1.165, 1.54) is 0 Å². The van der Waals surface area contributed by atoms with Crippen LogP contribution in [0.4, 0.5) is 0 Å². The number of nitrogens with zero attached hydrogens (tertiary/aromatic N) is 1.